The van der Waals surface area contributed by atoms with Gasteiger partial charge in [-0.15, -0.1) is 0 Å². The van der Waals surface area contributed by atoms with Crippen LogP contribution in [-0.2, 0) is 4.74 Å². The van der Waals surface area contributed by atoms with Gasteiger partial charge in [0.1, 0.15) is 0 Å². The maximum atomic E-state index is 5.37. The lowest BCUT2D eigenvalue weighted by Gasteiger charge is -2.19. The fraction of sp³-hybridized carbons (Fsp3) is 0.632. The minimum absolute atomic E-state index is 0.609. The van der Waals surface area contributed by atoms with Crippen molar-refractivity contribution in [3.05, 3.63) is 28.7 Å². The van der Waals surface area contributed by atoms with Crippen molar-refractivity contribution >= 4 is 27.6 Å². The number of anilines is 1. The van der Waals surface area contributed by atoms with Crippen molar-refractivity contribution in [2.24, 2.45) is 10.9 Å². The molecular formula is C19H31BrN4O. The molecule has 0 radical (unpaired) electrons. The summed E-state index contributed by atoms with van der Waals surface area (Å²) in [5.74, 6) is 1.53. The molecule has 0 saturated carbocycles. The lowest BCUT2D eigenvalue weighted by molar-refractivity contribution is 0.145. The number of nitrogens with zero attached hydrogens (tertiary/aromatic N) is 2. The van der Waals surface area contributed by atoms with Gasteiger partial charge in [0.15, 0.2) is 5.96 Å². The van der Waals surface area contributed by atoms with Crippen LogP contribution in [0.3, 0.4) is 0 Å². The topological polar surface area (TPSA) is 48.9 Å². The van der Waals surface area contributed by atoms with Gasteiger partial charge in [0.2, 0.25) is 0 Å². The van der Waals surface area contributed by atoms with Crippen LogP contribution in [0.5, 0.6) is 0 Å². The van der Waals surface area contributed by atoms with E-state index < -0.39 is 0 Å². The Morgan fingerprint density at radius 1 is 1.36 bits per heavy atom. The highest BCUT2D eigenvalue weighted by atomic mass is 79.9. The summed E-state index contributed by atoms with van der Waals surface area (Å²) >= 11 is 3.56. The highest BCUT2D eigenvalue weighted by molar-refractivity contribution is 9.10. The normalized spacial score (nSPS) is 17.8. The number of nitrogens with one attached hydrogen (secondary N) is 2. The van der Waals surface area contributed by atoms with Crippen molar-refractivity contribution in [2.75, 3.05) is 50.8 Å². The van der Waals surface area contributed by atoms with Gasteiger partial charge in [0, 0.05) is 56.1 Å². The molecule has 1 atom stereocenters. The van der Waals surface area contributed by atoms with E-state index in [0.29, 0.717) is 5.92 Å². The number of hydrogen-bond donors (Lipinski definition) is 2. The molecule has 1 aromatic rings. The first-order valence-corrected chi connectivity index (χ1v) is 10.1. The molecule has 0 spiro atoms. The average molecular weight is 411 g/mol. The van der Waals surface area contributed by atoms with E-state index in [-0.39, 0.29) is 0 Å². The summed E-state index contributed by atoms with van der Waals surface area (Å²) in [7, 11) is 0. The Morgan fingerprint density at radius 3 is 3.00 bits per heavy atom. The molecule has 1 fully saturated rings. The number of hydrogen-bond acceptors (Lipinski definition) is 3. The molecule has 0 aliphatic carbocycles. The van der Waals surface area contributed by atoms with Crippen LogP contribution in [0.2, 0.25) is 0 Å². The Kier molecular flexibility index (Phi) is 9.11. The van der Waals surface area contributed by atoms with E-state index in [0.717, 1.165) is 62.8 Å². The van der Waals surface area contributed by atoms with Crippen molar-refractivity contribution in [1.29, 1.82) is 0 Å². The lowest BCUT2D eigenvalue weighted by atomic mass is 10.1. The van der Waals surface area contributed by atoms with E-state index in [4.69, 9.17) is 9.73 Å². The van der Waals surface area contributed by atoms with Gasteiger partial charge < -0.3 is 20.3 Å². The van der Waals surface area contributed by atoms with Gasteiger partial charge in [-0.05, 0) is 50.8 Å². The molecule has 0 bridgehead atoms. The molecule has 1 aromatic carbocycles. The fourth-order valence-electron chi connectivity index (χ4n) is 2.98. The summed E-state index contributed by atoms with van der Waals surface area (Å²) in [6, 6.07) is 8.54. The van der Waals surface area contributed by atoms with E-state index in [1.807, 2.05) is 6.92 Å². The smallest absolute Gasteiger partial charge is 0.191 e. The summed E-state index contributed by atoms with van der Waals surface area (Å²) in [5, 5.41) is 6.72. The second-order valence-electron chi connectivity index (χ2n) is 6.28. The summed E-state index contributed by atoms with van der Waals surface area (Å²) in [5.41, 5.74) is 1.29. The molecule has 1 saturated heterocycles. The predicted octanol–water partition coefficient (Wildman–Crippen LogP) is 3.26. The minimum Gasteiger partial charge on any atom is -0.382 e. The van der Waals surface area contributed by atoms with Crippen LogP contribution in [-0.4, -0.2) is 51.9 Å². The summed E-state index contributed by atoms with van der Waals surface area (Å²) in [4.78, 5) is 7.23. The first kappa shape index (κ1) is 20.0. The summed E-state index contributed by atoms with van der Waals surface area (Å²) < 4.78 is 6.51. The predicted molar refractivity (Wildman–Crippen MR) is 110 cm³/mol. The van der Waals surface area contributed by atoms with Crippen molar-refractivity contribution < 1.29 is 4.74 Å². The van der Waals surface area contributed by atoms with Gasteiger partial charge in [-0.3, -0.25) is 4.99 Å². The first-order valence-electron chi connectivity index (χ1n) is 9.33. The lowest BCUT2D eigenvalue weighted by Crippen LogP contribution is -2.38. The number of ether oxygens (including phenoxy) is 1. The molecular weight excluding hydrogens is 380 g/mol. The molecule has 5 nitrogen and oxygen atoms in total. The maximum absolute atomic E-state index is 5.37. The second-order valence-corrected chi connectivity index (χ2v) is 7.19. The van der Waals surface area contributed by atoms with Crippen LogP contribution in [0.1, 0.15) is 26.7 Å². The number of halogens is 1. The van der Waals surface area contributed by atoms with Gasteiger partial charge >= 0.3 is 0 Å². The monoisotopic (exact) mass is 410 g/mol. The first-order chi connectivity index (χ1) is 12.2. The van der Waals surface area contributed by atoms with Gasteiger partial charge in [-0.2, -0.15) is 0 Å². The third-order valence-corrected chi connectivity index (χ3v) is 4.77. The molecule has 1 unspecified atom stereocenters. The zero-order valence-electron chi connectivity index (χ0n) is 15.4. The summed E-state index contributed by atoms with van der Waals surface area (Å²) in [6.45, 7) is 10.5. The van der Waals surface area contributed by atoms with E-state index in [1.54, 1.807) is 0 Å². The van der Waals surface area contributed by atoms with Crippen LogP contribution in [0.4, 0.5) is 5.69 Å². The molecule has 1 heterocycles. The fourth-order valence-corrected chi connectivity index (χ4v) is 3.36. The number of aliphatic imine (C=N–C) groups is 1. The van der Waals surface area contributed by atoms with Crippen LogP contribution in [0, 0.1) is 5.92 Å². The van der Waals surface area contributed by atoms with E-state index in [1.165, 1.54) is 12.1 Å². The van der Waals surface area contributed by atoms with Crippen molar-refractivity contribution in [3.63, 3.8) is 0 Å². The van der Waals surface area contributed by atoms with Crippen LogP contribution < -0.4 is 15.5 Å². The Morgan fingerprint density at radius 2 is 2.24 bits per heavy atom. The second kappa shape index (κ2) is 11.4. The largest absolute Gasteiger partial charge is 0.382 e. The van der Waals surface area contributed by atoms with Crippen molar-refractivity contribution in [2.45, 2.75) is 26.7 Å². The highest BCUT2D eigenvalue weighted by Crippen LogP contribution is 2.26. The van der Waals surface area contributed by atoms with Gasteiger partial charge in [0.25, 0.3) is 0 Å². The van der Waals surface area contributed by atoms with Crippen LogP contribution in [0.15, 0.2) is 33.7 Å². The van der Waals surface area contributed by atoms with Gasteiger partial charge in [-0.25, -0.2) is 0 Å². The third kappa shape index (κ3) is 7.24. The molecule has 2 N–H and O–H groups in total. The Hall–Kier alpha value is -1.27. The zero-order valence-corrected chi connectivity index (χ0v) is 17.0. The van der Waals surface area contributed by atoms with Crippen molar-refractivity contribution in [3.8, 4) is 0 Å². The molecule has 6 heteroatoms. The molecule has 140 valence electrons. The number of rotatable bonds is 9. The Balaban J connectivity index is 1.78. The molecule has 1 aliphatic heterocycles. The molecule has 0 aromatic heterocycles. The molecule has 25 heavy (non-hydrogen) atoms. The average Bonchev–Trinajstić information content (AvgIpc) is 3.08. The van der Waals surface area contributed by atoms with E-state index in [9.17, 15) is 0 Å². The standard InChI is InChI=1S/C19H31BrN4O/c1-3-21-19(22-10-6-12-25-4-2)23-14-16-9-11-24(15-16)18-8-5-7-17(20)13-18/h5,7-8,13,16H,3-4,6,9-12,14-15H2,1-2H3,(H2,21,22,23). The van der Waals surface area contributed by atoms with E-state index in [2.05, 4.69) is 62.7 Å². The van der Waals surface area contributed by atoms with E-state index >= 15 is 0 Å². The van der Waals surface area contributed by atoms with Gasteiger partial charge in [-0.1, -0.05) is 22.0 Å². The Bertz CT molecular complexity index is 538. The van der Waals surface area contributed by atoms with Crippen molar-refractivity contribution in [1.82, 2.24) is 10.6 Å². The number of benzene rings is 1. The SMILES string of the molecule is CCNC(=NCC1CCN(c2cccc(Br)c2)C1)NCCCOCC. The molecule has 0 amide bonds. The Labute approximate surface area is 160 Å². The minimum atomic E-state index is 0.609. The molecule has 2 rings (SSSR count). The zero-order chi connectivity index (χ0) is 17.9. The highest BCUT2D eigenvalue weighted by Gasteiger charge is 2.22. The maximum Gasteiger partial charge on any atom is 0.191 e. The summed E-state index contributed by atoms with van der Waals surface area (Å²) in [6.07, 6.45) is 2.19. The third-order valence-electron chi connectivity index (χ3n) is 4.27. The number of guanidine groups is 1. The quantitative estimate of drug-likeness (QED) is 0.372. The van der Waals surface area contributed by atoms with Crippen LogP contribution in [0.25, 0.3) is 0 Å². The molecule has 1 aliphatic rings. The van der Waals surface area contributed by atoms with Gasteiger partial charge in [0.05, 0.1) is 0 Å². The van der Waals surface area contributed by atoms with Crippen LogP contribution >= 0.6 is 15.9 Å².